The molecular weight excluding hydrogens is 246 g/mol. The first-order chi connectivity index (χ1) is 9.83. The lowest BCUT2D eigenvalue weighted by Gasteiger charge is -2.40. The van der Waals surface area contributed by atoms with Crippen molar-refractivity contribution in [3.05, 3.63) is 12.2 Å². The maximum atomic E-state index is 12.8. The van der Waals surface area contributed by atoms with Crippen molar-refractivity contribution >= 4 is 5.91 Å². The second kappa shape index (κ2) is 4.11. The Bertz CT molecular complexity index is 438. The van der Waals surface area contributed by atoms with Gasteiger partial charge in [-0.05, 0) is 54.8 Å². The zero-order valence-corrected chi connectivity index (χ0v) is 12.2. The highest BCUT2D eigenvalue weighted by Gasteiger charge is 2.61. The minimum atomic E-state index is 0.365. The van der Waals surface area contributed by atoms with E-state index in [1.807, 2.05) is 0 Å². The number of allylic oxidation sites excluding steroid dienone is 2. The molecule has 3 saturated carbocycles. The quantitative estimate of drug-likeness (QED) is 0.671. The fourth-order valence-electron chi connectivity index (χ4n) is 6.04. The molecule has 108 valence electrons. The van der Waals surface area contributed by atoms with Gasteiger partial charge in [0, 0.05) is 19.0 Å². The highest BCUT2D eigenvalue weighted by molar-refractivity contribution is 5.79. The molecule has 0 aromatic carbocycles. The largest absolute Gasteiger partial charge is 0.342 e. The van der Waals surface area contributed by atoms with Crippen LogP contribution in [0.2, 0.25) is 0 Å². The fourth-order valence-corrected chi connectivity index (χ4v) is 6.04. The van der Waals surface area contributed by atoms with Crippen LogP contribution in [0.5, 0.6) is 0 Å². The topological polar surface area (TPSA) is 20.3 Å². The van der Waals surface area contributed by atoms with Crippen molar-refractivity contribution in [2.45, 2.75) is 38.5 Å². The first-order valence-corrected chi connectivity index (χ1v) is 8.80. The number of amides is 1. The molecule has 1 amide bonds. The second-order valence-electron chi connectivity index (χ2n) is 8.01. The molecule has 1 unspecified atom stereocenters. The van der Waals surface area contributed by atoms with Gasteiger partial charge in [-0.3, -0.25) is 4.79 Å². The Morgan fingerprint density at radius 3 is 2.05 bits per heavy atom. The second-order valence-corrected chi connectivity index (χ2v) is 8.01. The number of carbonyl (C=O) groups is 1. The summed E-state index contributed by atoms with van der Waals surface area (Å²) in [7, 11) is 0. The van der Waals surface area contributed by atoms with E-state index in [4.69, 9.17) is 0 Å². The molecule has 0 N–H and O–H groups in total. The lowest BCUT2D eigenvalue weighted by molar-refractivity contribution is -0.135. The number of hydrogen-bond acceptors (Lipinski definition) is 1. The van der Waals surface area contributed by atoms with E-state index >= 15 is 0 Å². The van der Waals surface area contributed by atoms with Crippen LogP contribution in [-0.2, 0) is 4.79 Å². The summed E-state index contributed by atoms with van der Waals surface area (Å²) < 4.78 is 0. The summed E-state index contributed by atoms with van der Waals surface area (Å²) in [5.41, 5.74) is 0. The third-order valence-corrected chi connectivity index (χ3v) is 7.10. The van der Waals surface area contributed by atoms with Gasteiger partial charge in [0.2, 0.25) is 5.91 Å². The van der Waals surface area contributed by atoms with Crippen molar-refractivity contribution in [1.82, 2.24) is 4.90 Å². The molecule has 0 spiro atoms. The molecule has 0 aromatic heterocycles. The van der Waals surface area contributed by atoms with Gasteiger partial charge >= 0.3 is 0 Å². The Labute approximate surface area is 121 Å². The van der Waals surface area contributed by atoms with Gasteiger partial charge in [0.25, 0.3) is 0 Å². The maximum absolute atomic E-state index is 12.8. The van der Waals surface area contributed by atoms with Crippen molar-refractivity contribution in [3.8, 4) is 0 Å². The lowest BCUT2D eigenvalue weighted by Crippen LogP contribution is -2.37. The van der Waals surface area contributed by atoms with Gasteiger partial charge in [-0.15, -0.1) is 0 Å². The van der Waals surface area contributed by atoms with E-state index in [-0.39, 0.29) is 0 Å². The van der Waals surface area contributed by atoms with E-state index < -0.39 is 0 Å². The fraction of sp³-hybridized carbons (Fsp3) is 0.833. The van der Waals surface area contributed by atoms with Crippen LogP contribution in [0.3, 0.4) is 0 Å². The average Bonchev–Trinajstić information content (AvgIpc) is 3.20. The summed E-state index contributed by atoms with van der Waals surface area (Å²) >= 11 is 0. The van der Waals surface area contributed by atoms with E-state index in [0.717, 1.165) is 61.4 Å². The lowest BCUT2D eigenvalue weighted by atomic mass is 9.64. The van der Waals surface area contributed by atoms with Gasteiger partial charge in [-0.25, -0.2) is 0 Å². The van der Waals surface area contributed by atoms with Crippen LogP contribution in [0.1, 0.15) is 38.5 Å². The van der Waals surface area contributed by atoms with Crippen LogP contribution in [0.25, 0.3) is 0 Å². The summed E-state index contributed by atoms with van der Waals surface area (Å²) in [6.45, 7) is 2.16. The van der Waals surface area contributed by atoms with Crippen LogP contribution in [0.15, 0.2) is 12.2 Å². The van der Waals surface area contributed by atoms with Gasteiger partial charge < -0.3 is 4.90 Å². The van der Waals surface area contributed by atoms with Gasteiger partial charge in [0.15, 0.2) is 0 Å². The summed E-state index contributed by atoms with van der Waals surface area (Å²) in [6, 6.07) is 0. The zero-order chi connectivity index (χ0) is 13.3. The van der Waals surface area contributed by atoms with Crippen molar-refractivity contribution in [2.24, 2.45) is 41.4 Å². The number of hydrogen-bond donors (Lipinski definition) is 0. The minimum absolute atomic E-state index is 0.365. The molecule has 4 fully saturated rings. The maximum Gasteiger partial charge on any atom is 0.225 e. The normalized spacial score (nSPS) is 49.1. The van der Waals surface area contributed by atoms with Crippen molar-refractivity contribution in [2.75, 3.05) is 13.1 Å². The van der Waals surface area contributed by atoms with Gasteiger partial charge in [-0.2, -0.15) is 0 Å². The molecular formula is C18H25NO. The SMILES string of the molecule is O=C(C1CCCCC1)N1CC2[C@@H](C1)[C@H]1C=C[C@@H]2[C@@H]2C[C@H]12. The third-order valence-electron chi connectivity index (χ3n) is 7.10. The summed E-state index contributed by atoms with van der Waals surface area (Å²) in [4.78, 5) is 15.0. The molecule has 6 rings (SSSR count). The molecule has 6 aliphatic rings. The van der Waals surface area contributed by atoms with E-state index in [9.17, 15) is 4.79 Å². The Balaban J connectivity index is 1.33. The first kappa shape index (κ1) is 11.8. The third kappa shape index (κ3) is 1.54. The molecule has 6 atom stereocenters. The van der Waals surface area contributed by atoms with Crippen molar-refractivity contribution < 1.29 is 4.79 Å². The predicted octanol–water partition coefficient (Wildman–Crippen LogP) is 3.09. The molecule has 0 aromatic rings. The highest BCUT2D eigenvalue weighted by Crippen LogP contribution is 2.64. The number of rotatable bonds is 1. The van der Waals surface area contributed by atoms with Crippen molar-refractivity contribution in [3.63, 3.8) is 0 Å². The standard InChI is InChI=1S/C18H25NO/c20-18(11-4-2-1-3-5-11)19-9-16-12-6-7-13(17(16)10-19)15-8-14(12)15/h6-7,11-17H,1-5,8-10H2/t12-,13+,14+,15-,16-,17?/m0/s1. The summed E-state index contributed by atoms with van der Waals surface area (Å²) in [5.74, 6) is 6.11. The average molecular weight is 271 g/mol. The molecule has 20 heavy (non-hydrogen) atoms. The number of nitrogens with zero attached hydrogens (tertiary/aromatic N) is 1. The van der Waals surface area contributed by atoms with E-state index in [1.165, 1.54) is 25.7 Å². The van der Waals surface area contributed by atoms with Crippen molar-refractivity contribution in [1.29, 1.82) is 0 Å². The smallest absolute Gasteiger partial charge is 0.225 e. The monoisotopic (exact) mass is 271 g/mol. The molecule has 2 nitrogen and oxygen atoms in total. The van der Waals surface area contributed by atoms with Crippen LogP contribution in [0.4, 0.5) is 0 Å². The molecule has 0 radical (unpaired) electrons. The van der Waals surface area contributed by atoms with Gasteiger partial charge in [0.1, 0.15) is 0 Å². The molecule has 1 saturated heterocycles. The number of carbonyl (C=O) groups excluding carboxylic acids is 1. The molecule has 2 heteroatoms. The van der Waals surface area contributed by atoms with E-state index in [2.05, 4.69) is 17.1 Å². The van der Waals surface area contributed by atoms with Crippen LogP contribution < -0.4 is 0 Å². The highest BCUT2D eigenvalue weighted by atomic mass is 16.2. The first-order valence-electron chi connectivity index (χ1n) is 8.80. The van der Waals surface area contributed by atoms with E-state index in [1.54, 1.807) is 0 Å². The minimum Gasteiger partial charge on any atom is -0.342 e. The molecule has 1 aliphatic heterocycles. The zero-order valence-electron chi connectivity index (χ0n) is 12.2. The summed E-state index contributed by atoms with van der Waals surface area (Å²) in [6.07, 6.45) is 12.7. The van der Waals surface area contributed by atoms with Gasteiger partial charge in [-0.1, -0.05) is 31.4 Å². The van der Waals surface area contributed by atoms with Crippen LogP contribution in [0, 0.1) is 41.4 Å². The Morgan fingerprint density at radius 1 is 0.850 bits per heavy atom. The Morgan fingerprint density at radius 2 is 1.45 bits per heavy atom. The Hall–Kier alpha value is -0.790. The van der Waals surface area contributed by atoms with E-state index in [0.29, 0.717) is 11.8 Å². The molecule has 1 heterocycles. The number of likely N-dealkylation sites (tertiary alicyclic amines) is 1. The molecule has 2 bridgehead atoms. The predicted molar refractivity (Wildman–Crippen MR) is 77.9 cm³/mol. The summed E-state index contributed by atoms with van der Waals surface area (Å²) in [5, 5.41) is 0. The molecule has 5 aliphatic carbocycles. The Kier molecular flexibility index (Phi) is 2.43. The van der Waals surface area contributed by atoms with Crippen LogP contribution in [-0.4, -0.2) is 23.9 Å². The van der Waals surface area contributed by atoms with Crippen LogP contribution >= 0.6 is 0 Å². The van der Waals surface area contributed by atoms with Gasteiger partial charge in [0.05, 0.1) is 0 Å².